The van der Waals surface area contributed by atoms with Crippen LogP contribution in [0.1, 0.15) is 17.5 Å². The first-order chi connectivity index (χ1) is 9.70. The summed E-state index contributed by atoms with van der Waals surface area (Å²) in [5.41, 5.74) is 4.51. The summed E-state index contributed by atoms with van der Waals surface area (Å²) >= 11 is 5.80. The van der Waals surface area contributed by atoms with Crippen molar-refractivity contribution >= 4 is 17.5 Å². The molecule has 21 heavy (non-hydrogen) atoms. The molecule has 1 aliphatic rings. The van der Waals surface area contributed by atoms with Crippen LogP contribution < -0.4 is 5.73 Å². The molecule has 1 fully saturated rings. The van der Waals surface area contributed by atoms with E-state index < -0.39 is 29.8 Å². The zero-order valence-electron chi connectivity index (χ0n) is 10.9. The fourth-order valence-electron chi connectivity index (χ4n) is 2.40. The Hall–Kier alpha value is -1.31. The summed E-state index contributed by atoms with van der Waals surface area (Å²) < 4.78 is 38.3. The third-order valence-electron chi connectivity index (χ3n) is 3.53. The van der Waals surface area contributed by atoms with Gasteiger partial charge < -0.3 is 10.8 Å². The first kappa shape index (κ1) is 16.1. The second-order valence-corrected chi connectivity index (χ2v) is 5.40. The monoisotopic (exact) mass is 322 g/mol. The standard InChI is InChI=1S/C13H14ClF3N2O2/c14-11-7(2-1-3-9(11)13(15,16)17)5-19-6-8(12(18)21)4-10(19)20/h1-3,8,10,20H,4-6H2,(H2,18,21). The minimum atomic E-state index is -4.54. The highest BCUT2D eigenvalue weighted by molar-refractivity contribution is 6.32. The van der Waals surface area contributed by atoms with Crippen LogP contribution in [0.3, 0.4) is 0 Å². The molecule has 2 atom stereocenters. The number of rotatable bonds is 3. The van der Waals surface area contributed by atoms with Gasteiger partial charge in [-0.2, -0.15) is 13.2 Å². The minimum absolute atomic E-state index is 0.0215. The van der Waals surface area contributed by atoms with Gasteiger partial charge in [0.25, 0.3) is 0 Å². The molecule has 2 unspecified atom stereocenters. The number of nitrogens with two attached hydrogens (primary N) is 1. The quantitative estimate of drug-likeness (QED) is 0.894. The summed E-state index contributed by atoms with van der Waals surface area (Å²) in [6, 6.07) is 3.62. The molecule has 4 nitrogen and oxygen atoms in total. The van der Waals surface area contributed by atoms with Crippen molar-refractivity contribution in [2.24, 2.45) is 11.7 Å². The van der Waals surface area contributed by atoms with Gasteiger partial charge in [0, 0.05) is 13.1 Å². The van der Waals surface area contributed by atoms with Crippen molar-refractivity contribution in [1.29, 1.82) is 0 Å². The maximum Gasteiger partial charge on any atom is 0.417 e. The summed E-state index contributed by atoms with van der Waals surface area (Å²) in [4.78, 5) is 12.6. The number of likely N-dealkylation sites (tertiary alicyclic amines) is 1. The van der Waals surface area contributed by atoms with Crippen LogP contribution in [0.2, 0.25) is 5.02 Å². The predicted octanol–water partition coefficient (Wildman–Crippen LogP) is 1.98. The van der Waals surface area contributed by atoms with Crippen LogP contribution in [0, 0.1) is 5.92 Å². The SMILES string of the molecule is NC(=O)C1CC(O)N(Cc2cccc(C(F)(F)F)c2Cl)C1. The predicted molar refractivity (Wildman–Crippen MR) is 70.2 cm³/mol. The van der Waals surface area contributed by atoms with Gasteiger partial charge in [0.2, 0.25) is 5.91 Å². The maximum absolute atomic E-state index is 12.8. The number of aliphatic hydroxyl groups excluding tert-OH is 1. The van der Waals surface area contributed by atoms with Gasteiger partial charge in [0.15, 0.2) is 0 Å². The molecule has 0 bridgehead atoms. The van der Waals surface area contributed by atoms with E-state index in [9.17, 15) is 23.1 Å². The number of amides is 1. The molecule has 0 saturated carbocycles. The van der Waals surface area contributed by atoms with Crippen molar-refractivity contribution < 1.29 is 23.1 Å². The van der Waals surface area contributed by atoms with E-state index in [1.165, 1.54) is 17.0 Å². The minimum Gasteiger partial charge on any atom is -0.378 e. The number of aliphatic hydroxyl groups is 1. The lowest BCUT2D eigenvalue weighted by molar-refractivity contribution is -0.137. The topological polar surface area (TPSA) is 66.6 Å². The van der Waals surface area contributed by atoms with Crippen molar-refractivity contribution in [3.8, 4) is 0 Å². The van der Waals surface area contributed by atoms with Gasteiger partial charge in [-0.05, 0) is 18.1 Å². The van der Waals surface area contributed by atoms with Gasteiger partial charge in [-0.25, -0.2) is 0 Å². The molecule has 0 radical (unpaired) electrons. The average molecular weight is 323 g/mol. The second kappa shape index (κ2) is 5.82. The highest BCUT2D eigenvalue weighted by Gasteiger charge is 2.36. The van der Waals surface area contributed by atoms with Crippen molar-refractivity contribution in [3.05, 3.63) is 34.3 Å². The number of hydrogen-bond donors (Lipinski definition) is 2. The summed E-state index contributed by atoms with van der Waals surface area (Å²) in [5, 5.41) is 9.45. The van der Waals surface area contributed by atoms with E-state index in [0.717, 1.165) is 6.07 Å². The normalized spacial score (nSPS) is 23.5. The molecule has 2 rings (SSSR count). The first-order valence-electron chi connectivity index (χ1n) is 6.26. The molecule has 1 saturated heterocycles. The van der Waals surface area contributed by atoms with Gasteiger partial charge in [0.1, 0.15) is 6.23 Å². The highest BCUT2D eigenvalue weighted by atomic mass is 35.5. The number of halogens is 4. The van der Waals surface area contributed by atoms with Gasteiger partial charge in [-0.15, -0.1) is 0 Å². The van der Waals surface area contributed by atoms with Crippen LogP contribution in [-0.2, 0) is 17.5 Å². The third-order valence-corrected chi connectivity index (χ3v) is 3.98. The lowest BCUT2D eigenvalue weighted by Crippen LogP contribution is -2.30. The Morgan fingerprint density at radius 1 is 1.48 bits per heavy atom. The number of hydrogen-bond acceptors (Lipinski definition) is 3. The molecule has 0 aliphatic carbocycles. The van der Waals surface area contributed by atoms with Crippen LogP contribution in [0.15, 0.2) is 18.2 Å². The fourth-order valence-corrected chi connectivity index (χ4v) is 2.69. The zero-order chi connectivity index (χ0) is 15.8. The Morgan fingerprint density at radius 3 is 2.67 bits per heavy atom. The van der Waals surface area contributed by atoms with E-state index in [0.29, 0.717) is 0 Å². The van der Waals surface area contributed by atoms with Crippen LogP contribution in [0.25, 0.3) is 0 Å². The molecule has 8 heteroatoms. The molecule has 1 heterocycles. The van der Waals surface area contributed by atoms with Crippen molar-refractivity contribution in [2.45, 2.75) is 25.4 Å². The molecule has 1 amide bonds. The fraction of sp³-hybridized carbons (Fsp3) is 0.462. The Kier molecular flexibility index (Phi) is 4.46. The third kappa shape index (κ3) is 3.48. The van der Waals surface area contributed by atoms with Gasteiger partial charge >= 0.3 is 6.18 Å². The molecule has 0 aromatic heterocycles. The smallest absolute Gasteiger partial charge is 0.378 e. The number of carbonyl (C=O) groups is 1. The van der Waals surface area contributed by atoms with Crippen LogP contribution in [0.4, 0.5) is 13.2 Å². The lowest BCUT2D eigenvalue weighted by atomic mass is 10.1. The number of alkyl halides is 3. The molecular formula is C13H14ClF3N2O2. The van der Waals surface area contributed by atoms with E-state index in [1.54, 1.807) is 0 Å². The Labute approximate surface area is 124 Å². The van der Waals surface area contributed by atoms with Gasteiger partial charge in [-0.1, -0.05) is 23.7 Å². The molecule has 3 N–H and O–H groups in total. The maximum atomic E-state index is 12.8. The molecule has 0 spiro atoms. The van der Waals surface area contributed by atoms with Crippen molar-refractivity contribution in [2.75, 3.05) is 6.54 Å². The molecule has 1 aromatic carbocycles. The van der Waals surface area contributed by atoms with E-state index in [1.807, 2.05) is 0 Å². The Balaban J connectivity index is 2.19. The van der Waals surface area contributed by atoms with E-state index in [-0.39, 0.29) is 30.1 Å². The molecule has 1 aromatic rings. The van der Waals surface area contributed by atoms with Crippen LogP contribution in [0.5, 0.6) is 0 Å². The van der Waals surface area contributed by atoms with Gasteiger partial charge in [0.05, 0.1) is 16.5 Å². The summed E-state index contributed by atoms with van der Waals surface area (Å²) in [6.45, 7) is 0.219. The Morgan fingerprint density at radius 2 is 2.14 bits per heavy atom. The van der Waals surface area contributed by atoms with Crippen molar-refractivity contribution in [3.63, 3.8) is 0 Å². The average Bonchev–Trinajstić information content (AvgIpc) is 2.72. The molecule has 116 valence electrons. The number of primary amides is 1. The largest absolute Gasteiger partial charge is 0.417 e. The van der Waals surface area contributed by atoms with Crippen LogP contribution >= 0.6 is 11.6 Å². The van der Waals surface area contributed by atoms with Crippen LogP contribution in [-0.4, -0.2) is 28.7 Å². The number of benzene rings is 1. The highest BCUT2D eigenvalue weighted by Crippen LogP contribution is 2.37. The Bertz CT molecular complexity index is 551. The number of carbonyl (C=O) groups excluding carboxylic acids is 1. The first-order valence-corrected chi connectivity index (χ1v) is 6.64. The van der Waals surface area contributed by atoms with E-state index >= 15 is 0 Å². The molecule has 1 aliphatic heterocycles. The summed E-state index contributed by atoms with van der Waals surface area (Å²) in [5.74, 6) is -1.05. The zero-order valence-corrected chi connectivity index (χ0v) is 11.7. The summed E-state index contributed by atoms with van der Waals surface area (Å²) in [7, 11) is 0. The van der Waals surface area contributed by atoms with E-state index in [4.69, 9.17) is 17.3 Å². The lowest BCUT2D eigenvalue weighted by Gasteiger charge is -2.21. The summed E-state index contributed by atoms with van der Waals surface area (Å²) in [6.07, 6.45) is -5.29. The second-order valence-electron chi connectivity index (χ2n) is 5.02. The molecular weight excluding hydrogens is 309 g/mol. The van der Waals surface area contributed by atoms with E-state index in [2.05, 4.69) is 0 Å². The van der Waals surface area contributed by atoms with Crippen molar-refractivity contribution in [1.82, 2.24) is 4.90 Å². The number of nitrogens with zero attached hydrogens (tertiary/aromatic N) is 1. The van der Waals surface area contributed by atoms with Gasteiger partial charge in [-0.3, -0.25) is 9.69 Å².